The van der Waals surface area contributed by atoms with Crippen LogP contribution in [0.15, 0.2) is 24.3 Å². The Kier molecular flexibility index (Phi) is 6.07. The zero-order chi connectivity index (χ0) is 20.3. The molecule has 0 aliphatic heterocycles. The maximum absolute atomic E-state index is 5.65. The third-order valence-electron chi connectivity index (χ3n) is 5.55. The van der Waals surface area contributed by atoms with E-state index >= 15 is 0 Å². The summed E-state index contributed by atoms with van der Waals surface area (Å²) in [5, 5.41) is 0. The van der Waals surface area contributed by atoms with E-state index in [-0.39, 0.29) is 11.8 Å². The second-order valence-electron chi connectivity index (χ2n) is 6.69. The number of hydrogen-bond donors (Lipinski definition) is 0. The first-order valence-corrected chi connectivity index (χ1v) is 9.21. The molecule has 152 valence electrons. The van der Waals surface area contributed by atoms with Crippen LogP contribution in [0.4, 0.5) is 0 Å². The van der Waals surface area contributed by atoms with Gasteiger partial charge < -0.3 is 28.4 Å². The molecule has 6 heteroatoms. The van der Waals surface area contributed by atoms with Gasteiger partial charge in [0.25, 0.3) is 0 Å². The van der Waals surface area contributed by atoms with Gasteiger partial charge in [-0.15, -0.1) is 0 Å². The molecule has 2 atom stereocenters. The molecular formula is C22H28O6. The van der Waals surface area contributed by atoms with Crippen LogP contribution in [0.25, 0.3) is 0 Å². The topological polar surface area (TPSA) is 55.4 Å². The summed E-state index contributed by atoms with van der Waals surface area (Å²) < 4.78 is 33.1. The maximum Gasteiger partial charge on any atom is 0.164 e. The highest BCUT2D eigenvalue weighted by atomic mass is 16.5. The van der Waals surface area contributed by atoms with Gasteiger partial charge in [0.05, 0.1) is 42.7 Å². The molecule has 0 unspecified atom stereocenters. The van der Waals surface area contributed by atoms with E-state index in [4.69, 9.17) is 28.4 Å². The molecule has 6 nitrogen and oxygen atoms in total. The summed E-state index contributed by atoms with van der Waals surface area (Å²) in [5.74, 6) is 4.86. The van der Waals surface area contributed by atoms with E-state index in [1.165, 1.54) is 0 Å². The largest absolute Gasteiger partial charge is 0.496 e. The lowest BCUT2D eigenvalue weighted by atomic mass is 9.66. The van der Waals surface area contributed by atoms with Gasteiger partial charge >= 0.3 is 0 Å². The van der Waals surface area contributed by atoms with E-state index in [0.717, 1.165) is 35.5 Å². The van der Waals surface area contributed by atoms with Gasteiger partial charge in [-0.3, -0.25) is 0 Å². The normalized spacial score (nSPS) is 18.1. The standard InChI is InChI=1S/C22H28O6/c1-23-17-11-21(27-5)19(25-3)9-15(17)13-7-8-14(13)16-10-20(26-4)22(28-6)12-18(16)24-2/h9-14H,7-8H2,1-6H3/t13-,14-/m1/s1. The summed E-state index contributed by atoms with van der Waals surface area (Å²) in [7, 11) is 9.88. The van der Waals surface area contributed by atoms with Gasteiger partial charge in [0.15, 0.2) is 23.0 Å². The Bertz CT molecular complexity index is 763. The Balaban J connectivity index is 2.04. The number of ether oxygens (including phenoxy) is 6. The summed E-state index contributed by atoms with van der Waals surface area (Å²) in [5.41, 5.74) is 2.21. The summed E-state index contributed by atoms with van der Waals surface area (Å²) >= 11 is 0. The lowest BCUT2D eigenvalue weighted by molar-refractivity contribution is 0.305. The van der Waals surface area contributed by atoms with Crippen molar-refractivity contribution in [3.8, 4) is 34.5 Å². The van der Waals surface area contributed by atoms with Crippen LogP contribution >= 0.6 is 0 Å². The first kappa shape index (κ1) is 20.0. The highest BCUT2D eigenvalue weighted by molar-refractivity contribution is 5.56. The van der Waals surface area contributed by atoms with Crippen molar-refractivity contribution in [2.45, 2.75) is 24.7 Å². The van der Waals surface area contributed by atoms with Crippen molar-refractivity contribution in [2.24, 2.45) is 0 Å². The van der Waals surface area contributed by atoms with E-state index < -0.39 is 0 Å². The fourth-order valence-electron chi connectivity index (χ4n) is 3.93. The predicted molar refractivity (Wildman–Crippen MR) is 107 cm³/mol. The summed E-state index contributed by atoms with van der Waals surface area (Å²) in [6, 6.07) is 7.80. The van der Waals surface area contributed by atoms with Crippen molar-refractivity contribution in [1.82, 2.24) is 0 Å². The molecule has 1 aliphatic rings. The zero-order valence-corrected chi connectivity index (χ0v) is 17.3. The van der Waals surface area contributed by atoms with Crippen molar-refractivity contribution < 1.29 is 28.4 Å². The van der Waals surface area contributed by atoms with Crippen LogP contribution in [0.1, 0.15) is 35.8 Å². The molecule has 0 amide bonds. The molecule has 0 saturated heterocycles. The molecule has 1 saturated carbocycles. The summed E-state index contributed by atoms with van der Waals surface area (Å²) in [6.07, 6.45) is 2.10. The lowest BCUT2D eigenvalue weighted by Gasteiger charge is -2.39. The summed E-state index contributed by atoms with van der Waals surface area (Å²) in [4.78, 5) is 0. The molecule has 0 radical (unpaired) electrons. The van der Waals surface area contributed by atoms with Crippen LogP contribution in [0.5, 0.6) is 34.5 Å². The first-order valence-electron chi connectivity index (χ1n) is 9.21. The van der Waals surface area contributed by atoms with Crippen LogP contribution in [-0.4, -0.2) is 42.7 Å². The van der Waals surface area contributed by atoms with Crippen molar-refractivity contribution in [3.63, 3.8) is 0 Å². The SMILES string of the molecule is COc1cc(OC)c([C@@H]2CC[C@H]2c2cc(OC)c(OC)cc2OC)cc1OC. The smallest absolute Gasteiger partial charge is 0.164 e. The molecule has 2 aromatic rings. The molecule has 0 spiro atoms. The average Bonchev–Trinajstić information content (AvgIpc) is 2.72. The molecule has 0 heterocycles. The molecule has 1 aliphatic carbocycles. The molecule has 1 fully saturated rings. The van der Waals surface area contributed by atoms with E-state index in [1.54, 1.807) is 42.7 Å². The fraction of sp³-hybridized carbons (Fsp3) is 0.455. The van der Waals surface area contributed by atoms with Gasteiger partial charge in [0.1, 0.15) is 11.5 Å². The second-order valence-corrected chi connectivity index (χ2v) is 6.69. The Morgan fingerprint density at radius 3 is 1.00 bits per heavy atom. The van der Waals surface area contributed by atoms with Crippen LogP contribution in [0, 0.1) is 0 Å². The van der Waals surface area contributed by atoms with Gasteiger partial charge in [-0.1, -0.05) is 0 Å². The third-order valence-corrected chi connectivity index (χ3v) is 5.55. The molecule has 0 N–H and O–H groups in total. The minimum absolute atomic E-state index is 0.279. The van der Waals surface area contributed by atoms with E-state index in [2.05, 4.69) is 0 Å². The van der Waals surface area contributed by atoms with Gasteiger partial charge in [-0.2, -0.15) is 0 Å². The Morgan fingerprint density at radius 2 is 0.750 bits per heavy atom. The highest BCUT2D eigenvalue weighted by Gasteiger charge is 2.38. The van der Waals surface area contributed by atoms with Crippen molar-refractivity contribution >= 4 is 0 Å². The molecule has 0 aromatic heterocycles. The molecule has 3 rings (SSSR count). The third kappa shape index (κ3) is 3.39. The molecule has 2 aromatic carbocycles. The minimum atomic E-state index is 0.279. The monoisotopic (exact) mass is 388 g/mol. The Labute approximate surface area is 166 Å². The summed E-state index contributed by atoms with van der Waals surface area (Å²) in [6.45, 7) is 0. The lowest BCUT2D eigenvalue weighted by Crippen LogP contribution is -2.23. The Hall–Kier alpha value is -2.76. The minimum Gasteiger partial charge on any atom is -0.496 e. The van der Waals surface area contributed by atoms with Gasteiger partial charge in [-0.05, 0) is 36.8 Å². The molecule has 28 heavy (non-hydrogen) atoms. The highest BCUT2D eigenvalue weighted by Crippen LogP contribution is 2.56. The van der Waals surface area contributed by atoms with Gasteiger partial charge in [-0.25, -0.2) is 0 Å². The number of benzene rings is 2. The fourth-order valence-corrected chi connectivity index (χ4v) is 3.93. The second kappa shape index (κ2) is 8.50. The van der Waals surface area contributed by atoms with Crippen molar-refractivity contribution in [3.05, 3.63) is 35.4 Å². The maximum atomic E-state index is 5.65. The molecular weight excluding hydrogens is 360 g/mol. The van der Waals surface area contributed by atoms with Gasteiger partial charge in [0, 0.05) is 23.3 Å². The van der Waals surface area contributed by atoms with Crippen LogP contribution in [0.2, 0.25) is 0 Å². The zero-order valence-electron chi connectivity index (χ0n) is 17.3. The van der Waals surface area contributed by atoms with Crippen LogP contribution in [-0.2, 0) is 0 Å². The first-order chi connectivity index (χ1) is 13.6. The predicted octanol–water partition coefficient (Wildman–Crippen LogP) is 4.40. The van der Waals surface area contributed by atoms with E-state index in [0.29, 0.717) is 23.0 Å². The quantitative estimate of drug-likeness (QED) is 0.668. The average molecular weight is 388 g/mol. The van der Waals surface area contributed by atoms with Crippen LogP contribution < -0.4 is 28.4 Å². The number of methoxy groups -OCH3 is 6. The molecule has 0 bridgehead atoms. The van der Waals surface area contributed by atoms with Crippen molar-refractivity contribution in [2.75, 3.05) is 42.7 Å². The number of rotatable bonds is 8. The van der Waals surface area contributed by atoms with E-state index in [1.807, 2.05) is 24.3 Å². The van der Waals surface area contributed by atoms with Gasteiger partial charge in [0.2, 0.25) is 0 Å². The number of hydrogen-bond acceptors (Lipinski definition) is 6. The van der Waals surface area contributed by atoms with Crippen LogP contribution in [0.3, 0.4) is 0 Å². The van der Waals surface area contributed by atoms with Crippen molar-refractivity contribution in [1.29, 1.82) is 0 Å². The van der Waals surface area contributed by atoms with E-state index in [9.17, 15) is 0 Å². The Morgan fingerprint density at radius 1 is 0.464 bits per heavy atom.